The predicted molar refractivity (Wildman–Crippen MR) is 98.1 cm³/mol. The van der Waals surface area contributed by atoms with Gasteiger partial charge in [0, 0.05) is 6.54 Å². The van der Waals surface area contributed by atoms with Gasteiger partial charge in [0.05, 0.1) is 18.3 Å². The van der Waals surface area contributed by atoms with E-state index in [0.717, 1.165) is 13.0 Å². The molecule has 0 fully saturated rings. The van der Waals surface area contributed by atoms with Gasteiger partial charge >= 0.3 is 0 Å². The molecule has 0 N–H and O–H groups in total. The van der Waals surface area contributed by atoms with Crippen LogP contribution >= 0.6 is 0 Å². The lowest BCUT2D eigenvalue weighted by Crippen LogP contribution is -2.61. The van der Waals surface area contributed by atoms with Gasteiger partial charge in [-0.3, -0.25) is 0 Å². The number of imidazole rings is 1. The Bertz CT molecular complexity index is 841. The Labute approximate surface area is 144 Å². The van der Waals surface area contributed by atoms with Crippen LogP contribution in [-0.2, 0) is 12.6 Å². The zero-order chi connectivity index (χ0) is 17.1. The first kappa shape index (κ1) is 15.3. The van der Waals surface area contributed by atoms with E-state index < -0.39 is 0 Å². The lowest BCUT2D eigenvalue weighted by molar-refractivity contribution is -0.671. The minimum absolute atomic E-state index is 0.0420. The molecular formula is C21H26N3+. The van der Waals surface area contributed by atoms with E-state index in [1.54, 1.807) is 0 Å². The van der Waals surface area contributed by atoms with Gasteiger partial charge in [-0.2, -0.15) is 0 Å². The third-order valence-electron chi connectivity index (χ3n) is 6.20. The molecule has 3 heterocycles. The van der Waals surface area contributed by atoms with Gasteiger partial charge in [0.15, 0.2) is 5.69 Å². The Hall–Kier alpha value is -2.29. The minimum atomic E-state index is -0.154. The number of nitrogens with zero attached hydrogens (tertiary/aromatic N) is 3. The van der Waals surface area contributed by atoms with E-state index in [1.165, 1.54) is 22.5 Å². The normalized spacial score (nSPS) is 24.8. The Balaban J connectivity index is 2.04. The summed E-state index contributed by atoms with van der Waals surface area (Å²) in [5.74, 6) is 0. The zero-order valence-electron chi connectivity index (χ0n) is 15.1. The average Bonchev–Trinajstić information content (AvgIpc) is 3.18. The van der Waals surface area contributed by atoms with E-state index in [2.05, 4.69) is 97.4 Å². The van der Waals surface area contributed by atoms with Crippen molar-refractivity contribution in [3.8, 4) is 0 Å². The number of benzene rings is 1. The third-order valence-corrected chi connectivity index (χ3v) is 6.20. The van der Waals surface area contributed by atoms with Gasteiger partial charge in [-0.1, -0.05) is 36.9 Å². The van der Waals surface area contributed by atoms with Crippen molar-refractivity contribution < 1.29 is 4.57 Å². The molecular weight excluding hydrogens is 294 g/mol. The van der Waals surface area contributed by atoms with Crippen molar-refractivity contribution in [3.05, 3.63) is 66.8 Å². The topological polar surface area (TPSA) is 12.0 Å². The predicted octanol–water partition coefficient (Wildman–Crippen LogP) is 3.58. The molecule has 0 spiro atoms. The molecule has 2 aliphatic rings. The summed E-state index contributed by atoms with van der Waals surface area (Å²) in [5.41, 5.74) is 5.26. The maximum absolute atomic E-state index is 4.18. The summed E-state index contributed by atoms with van der Waals surface area (Å²) < 4.78 is 4.56. The van der Waals surface area contributed by atoms with Crippen molar-refractivity contribution in [3.63, 3.8) is 0 Å². The number of fused-ring (bicyclic) bond motifs is 3. The van der Waals surface area contributed by atoms with Crippen LogP contribution in [0.3, 0.4) is 0 Å². The highest BCUT2D eigenvalue weighted by Gasteiger charge is 2.56. The van der Waals surface area contributed by atoms with Crippen molar-refractivity contribution in [1.29, 1.82) is 0 Å². The molecule has 3 heteroatoms. The van der Waals surface area contributed by atoms with Crippen molar-refractivity contribution in [2.24, 2.45) is 7.05 Å². The van der Waals surface area contributed by atoms with Gasteiger partial charge in [-0.05, 0) is 44.4 Å². The fourth-order valence-corrected chi connectivity index (χ4v) is 4.38. The maximum atomic E-state index is 4.18. The number of rotatable bonds is 2. The van der Waals surface area contributed by atoms with Gasteiger partial charge in [0.1, 0.15) is 11.7 Å². The lowest BCUT2D eigenvalue weighted by atomic mass is 9.76. The van der Waals surface area contributed by atoms with Crippen molar-refractivity contribution in [2.75, 3.05) is 6.54 Å². The van der Waals surface area contributed by atoms with E-state index in [0.29, 0.717) is 0 Å². The largest absolute Gasteiger partial charge is 0.357 e. The van der Waals surface area contributed by atoms with Crippen LogP contribution in [0.5, 0.6) is 0 Å². The smallest absolute Gasteiger partial charge is 0.244 e. The quantitative estimate of drug-likeness (QED) is 0.608. The number of hydrogen-bond acceptors (Lipinski definition) is 1. The molecule has 0 bridgehead atoms. The highest BCUT2D eigenvalue weighted by atomic mass is 15.3. The lowest BCUT2D eigenvalue weighted by Gasteiger charge is -2.51. The first-order chi connectivity index (χ1) is 11.4. The van der Waals surface area contributed by atoms with Gasteiger partial charge < -0.3 is 4.90 Å². The molecule has 1 unspecified atom stereocenters. The molecule has 0 saturated carbocycles. The van der Waals surface area contributed by atoms with Crippen LogP contribution in [0.25, 0.3) is 11.3 Å². The fraction of sp³-hybridized carbons (Fsp3) is 0.381. The van der Waals surface area contributed by atoms with Crippen molar-refractivity contribution in [2.45, 2.75) is 38.3 Å². The third kappa shape index (κ3) is 1.75. The Morgan fingerprint density at radius 2 is 1.88 bits per heavy atom. The summed E-state index contributed by atoms with van der Waals surface area (Å²) in [7, 11) is 2.10. The summed E-state index contributed by atoms with van der Waals surface area (Å²) in [6, 6.07) is 10.8. The molecule has 0 amide bonds. The van der Waals surface area contributed by atoms with Crippen LogP contribution in [0, 0.1) is 0 Å². The minimum Gasteiger partial charge on any atom is -0.357 e. The summed E-state index contributed by atoms with van der Waals surface area (Å²) in [5, 5.41) is 0. The molecule has 1 aromatic heterocycles. The second-order valence-electron chi connectivity index (χ2n) is 7.67. The summed E-state index contributed by atoms with van der Waals surface area (Å²) in [6.45, 7) is 12.2. The second-order valence-corrected chi connectivity index (χ2v) is 7.67. The number of hydrogen-bond donors (Lipinski definition) is 0. The molecule has 0 aliphatic carbocycles. The first-order valence-electron chi connectivity index (χ1n) is 8.68. The van der Waals surface area contributed by atoms with E-state index in [-0.39, 0.29) is 11.1 Å². The maximum Gasteiger partial charge on any atom is 0.244 e. The number of aryl methyl sites for hydroxylation is 1. The molecule has 3 nitrogen and oxygen atoms in total. The van der Waals surface area contributed by atoms with Gasteiger partial charge in [0.25, 0.3) is 0 Å². The van der Waals surface area contributed by atoms with Gasteiger partial charge in [-0.25, -0.2) is 9.13 Å². The highest BCUT2D eigenvalue weighted by molar-refractivity contribution is 5.92. The van der Waals surface area contributed by atoms with Crippen molar-refractivity contribution in [1.82, 2.24) is 9.47 Å². The van der Waals surface area contributed by atoms with Crippen molar-refractivity contribution >= 4 is 11.3 Å². The fourth-order valence-electron chi connectivity index (χ4n) is 4.38. The second kappa shape index (κ2) is 4.85. The van der Waals surface area contributed by atoms with E-state index in [4.69, 9.17) is 0 Å². The highest BCUT2D eigenvalue weighted by Crippen LogP contribution is 2.51. The summed E-state index contributed by atoms with van der Waals surface area (Å²) in [4.78, 5) is 2.59. The van der Waals surface area contributed by atoms with Gasteiger partial charge in [-0.15, -0.1) is 0 Å². The molecule has 0 saturated heterocycles. The van der Waals surface area contributed by atoms with Gasteiger partial charge in [0.2, 0.25) is 6.33 Å². The van der Waals surface area contributed by atoms with E-state index in [1.807, 2.05) is 0 Å². The Morgan fingerprint density at radius 1 is 1.17 bits per heavy atom. The molecule has 4 rings (SSSR count). The molecule has 24 heavy (non-hydrogen) atoms. The summed E-state index contributed by atoms with van der Waals surface area (Å²) in [6.07, 6.45) is 7.64. The van der Waals surface area contributed by atoms with Crippen LogP contribution in [0.15, 0.2) is 55.5 Å². The Morgan fingerprint density at radius 3 is 2.54 bits per heavy atom. The number of aromatic nitrogens is 2. The standard InChI is InChI=1S/C21H26N3/c1-6-21(4)20(2,3)23-13-12-17(16-10-8-7-9-11-16)19(23)18-14-22(5)15-24(18)21/h6-11,14-15H,1,12-13H2,2-5H3/q+1. The zero-order valence-corrected chi connectivity index (χ0v) is 15.1. The SMILES string of the molecule is C=CC1(C)n2c[n+](C)cc2C2=C(c3ccccc3)CCN2C1(C)C. The molecule has 124 valence electrons. The Kier molecular flexibility index (Phi) is 3.08. The first-order valence-corrected chi connectivity index (χ1v) is 8.68. The van der Waals surface area contributed by atoms with E-state index in [9.17, 15) is 0 Å². The monoisotopic (exact) mass is 320 g/mol. The molecule has 1 atom stereocenters. The molecule has 2 aliphatic heterocycles. The average molecular weight is 320 g/mol. The molecule has 2 aromatic rings. The molecule has 1 aromatic carbocycles. The van der Waals surface area contributed by atoms with Crippen LogP contribution in [-0.4, -0.2) is 21.6 Å². The van der Waals surface area contributed by atoms with Crippen LogP contribution in [0.2, 0.25) is 0 Å². The molecule has 0 radical (unpaired) electrons. The van der Waals surface area contributed by atoms with E-state index >= 15 is 0 Å². The van der Waals surface area contributed by atoms with Crippen LogP contribution in [0.1, 0.15) is 38.4 Å². The summed E-state index contributed by atoms with van der Waals surface area (Å²) >= 11 is 0. The van der Waals surface area contributed by atoms with Crippen LogP contribution in [0.4, 0.5) is 0 Å². The van der Waals surface area contributed by atoms with Crippen LogP contribution < -0.4 is 4.57 Å².